The van der Waals surface area contributed by atoms with Crippen LogP contribution in [0.15, 0.2) is 36.4 Å². The number of hydrogen-bond acceptors (Lipinski definition) is 3. The summed E-state index contributed by atoms with van der Waals surface area (Å²) >= 11 is 0. The molecule has 0 aliphatic heterocycles. The molecule has 0 aliphatic rings. The number of hydrazine groups is 1. The third kappa shape index (κ3) is 2.61. The van der Waals surface area contributed by atoms with E-state index >= 15 is 0 Å². The fourth-order valence-corrected chi connectivity index (χ4v) is 1.95. The maximum absolute atomic E-state index is 13.8. The van der Waals surface area contributed by atoms with Gasteiger partial charge in [-0.1, -0.05) is 18.2 Å². The zero-order valence-electron chi connectivity index (χ0n) is 10.7. The molecule has 20 heavy (non-hydrogen) atoms. The number of nitrogens with two attached hydrogens (primary N) is 1. The van der Waals surface area contributed by atoms with E-state index in [4.69, 9.17) is 10.6 Å². The second kappa shape index (κ2) is 5.94. The Bertz CT molecular complexity index is 619. The van der Waals surface area contributed by atoms with E-state index in [9.17, 15) is 13.2 Å². The highest BCUT2D eigenvalue weighted by Gasteiger charge is 2.21. The van der Waals surface area contributed by atoms with Gasteiger partial charge < -0.3 is 4.74 Å². The monoisotopic (exact) mass is 282 g/mol. The predicted molar refractivity (Wildman–Crippen MR) is 68.5 cm³/mol. The SMILES string of the molecule is COc1cccc(C(NN)c2ccc(F)c(F)c2F)c1. The third-order valence-corrected chi connectivity index (χ3v) is 2.97. The minimum Gasteiger partial charge on any atom is -0.497 e. The highest BCUT2D eigenvalue weighted by atomic mass is 19.2. The first-order chi connectivity index (χ1) is 9.58. The van der Waals surface area contributed by atoms with E-state index in [1.165, 1.54) is 7.11 Å². The fraction of sp³-hybridized carbons (Fsp3) is 0.143. The zero-order valence-corrected chi connectivity index (χ0v) is 10.7. The van der Waals surface area contributed by atoms with Crippen LogP contribution in [0.25, 0.3) is 0 Å². The van der Waals surface area contributed by atoms with Gasteiger partial charge in [-0.05, 0) is 23.8 Å². The van der Waals surface area contributed by atoms with E-state index < -0.39 is 23.5 Å². The molecule has 3 N–H and O–H groups in total. The third-order valence-electron chi connectivity index (χ3n) is 2.97. The van der Waals surface area contributed by atoms with Crippen LogP contribution in [-0.2, 0) is 0 Å². The maximum atomic E-state index is 13.8. The van der Waals surface area contributed by atoms with E-state index in [1.54, 1.807) is 24.3 Å². The molecular weight excluding hydrogens is 269 g/mol. The second-order valence-electron chi connectivity index (χ2n) is 4.14. The molecule has 1 unspecified atom stereocenters. The molecule has 0 fully saturated rings. The van der Waals surface area contributed by atoms with Gasteiger partial charge in [0.25, 0.3) is 0 Å². The topological polar surface area (TPSA) is 47.3 Å². The van der Waals surface area contributed by atoms with E-state index in [0.29, 0.717) is 11.3 Å². The molecule has 2 aromatic rings. The number of ether oxygens (including phenoxy) is 1. The molecule has 106 valence electrons. The van der Waals surface area contributed by atoms with Crippen molar-refractivity contribution >= 4 is 0 Å². The van der Waals surface area contributed by atoms with Crippen LogP contribution in [0.5, 0.6) is 5.75 Å². The Kier molecular flexibility index (Phi) is 4.26. The normalized spacial score (nSPS) is 12.2. The van der Waals surface area contributed by atoms with E-state index in [0.717, 1.165) is 12.1 Å². The first kappa shape index (κ1) is 14.4. The maximum Gasteiger partial charge on any atom is 0.194 e. The molecule has 0 radical (unpaired) electrons. The standard InChI is InChI=1S/C14H13F3N2O/c1-20-9-4-2-3-8(7-9)14(19-18)10-5-6-11(15)13(17)12(10)16/h2-7,14,19H,18H2,1H3. The molecular formula is C14H13F3N2O. The molecule has 0 spiro atoms. The van der Waals surface area contributed by atoms with Gasteiger partial charge in [-0.3, -0.25) is 5.84 Å². The van der Waals surface area contributed by atoms with Gasteiger partial charge in [0.15, 0.2) is 17.5 Å². The van der Waals surface area contributed by atoms with Crippen molar-refractivity contribution in [2.75, 3.05) is 7.11 Å². The summed E-state index contributed by atoms with van der Waals surface area (Å²) in [7, 11) is 1.49. The van der Waals surface area contributed by atoms with E-state index in [2.05, 4.69) is 5.43 Å². The number of methoxy groups -OCH3 is 1. The highest BCUT2D eigenvalue weighted by Crippen LogP contribution is 2.28. The first-order valence-corrected chi connectivity index (χ1v) is 5.82. The summed E-state index contributed by atoms with van der Waals surface area (Å²) in [6, 6.07) is 7.89. The second-order valence-corrected chi connectivity index (χ2v) is 4.14. The molecule has 0 aromatic heterocycles. The summed E-state index contributed by atoms with van der Waals surface area (Å²) in [5, 5.41) is 0. The van der Waals surface area contributed by atoms with Gasteiger partial charge >= 0.3 is 0 Å². The molecule has 0 aliphatic carbocycles. The van der Waals surface area contributed by atoms with Crippen molar-refractivity contribution < 1.29 is 17.9 Å². The van der Waals surface area contributed by atoms with Crippen molar-refractivity contribution in [1.29, 1.82) is 0 Å². The molecule has 0 saturated carbocycles. The first-order valence-electron chi connectivity index (χ1n) is 5.82. The average Bonchev–Trinajstić information content (AvgIpc) is 2.48. The van der Waals surface area contributed by atoms with Gasteiger partial charge in [-0.15, -0.1) is 0 Å². The van der Waals surface area contributed by atoms with Crippen LogP contribution in [0, 0.1) is 17.5 Å². The van der Waals surface area contributed by atoms with Crippen LogP contribution in [0.1, 0.15) is 17.2 Å². The Morgan fingerprint density at radius 1 is 1.10 bits per heavy atom. The van der Waals surface area contributed by atoms with Crippen molar-refractivity contribution in [3.63, 3.8) is 0 Å². The molecule has 0 saturated heterocycles. The molecule has 1 atom stereocenters. The number of nitrogens with one attached hydrogen (secondary N) is 1. The summed E-state index contributed by atoms with van der Waals surface area (Å²) in [4.78, 5) is 0. The summed E-state index contributed by atoms with van der Waals surface area (Å²) in [5.74, 6) is 1.93. The van der Waals surface area contributed by atoms with Gasteiger partial charge in [0.05, 0.1) is 13.2 Å². The summed E-state index contributed by atoms with van der Waals surface area (Å²) in [6.07, 6.45) is 0. The Balaban J connectivity index is 2.49. The van der Waals surface area contributed by atoms with Crippen molar-refractivity contribution in [3.05, 3.63) is 65.0 Å². The van der Waals surface area contributed by atoms with Crippen LogP contribution >= 0.6 is 0 Å². The van der Waals surface area contributed by atoms with Crippen LogP contribution in [0.3, 0.4) is 0 Å². The molecule has 2 rings (SSSR count). The minimum absolute atomic E-state index is 0.0837. The van der Waals surface area contributed by atoms with Gasteiger partial charge in [0.2, 0.25) is 0 Å². The summed E-state index contributed by atoms with van der Waals surface area (Å²) < 4.78 is 45.2. The Hall–Kier alpha value is -2.05. The largest absolute Gasteiger partial charge is 0.497 e. The van der Waals surface area contributed by atoms with Crippen molar-refractivity contribution in [2.45, 2.75) is 6.04 Å². The van der Waals surface area contributed by atoms with Crippen LogP contribution in [0.4, 0.5) is 13.2 Å². The minimum atomic E-state index is -1.52. The van der Waals surface area contributed by atoms with Crippen LogP contribution in [-0.4, -0.2) is 7.11 Å². The Morgan fingerprint density at radius 3 is 2.50 bits per heavy atom. The quantitative estimate of drug-likeness (QED) is 0.515. The molecule has 6 heteroatoms. The number of hydrogen-bond donors (Lipinski definition) is 2. The molecule has 3 nitrogen and oxygen atoms in total. The van der Waals surface area contributed by atoms with Crippen molar-refractivity contribution in [3.8, 4) is 5.75 Å². The number of rotatable bonds is 4. The van der Waals surface area contributed by atoms with Crippen molar-refractivity contribution in [2.24, 2.45) is 5.84 Å². The molecule has 0 heterocycles. The highest BCUT2D eigenvalue weighted by molar-refractivity contribution is 5.37. The molecule has 0 amide bonds. The summed E-state index contributed by atoms with van der Waals surface area (Å²) in [6.45, 7) is 0. The van der Waals surface area contributed by atoms with Crippen LogP contribution < -0.4 is 16.0 Å². The lowest BCUT2D eigenvalue weighted by molar-refractivity contribution is 0.412. The molecule has 0 bridgehead atoms. The van der Waals surface area contributed by atoms with Gasteiger partial charge in [0.1, 0.15) is 5.75 Å². The number of halogens is 3. The van der Waals surface area contributed by atoms with E-state index in [-0.39, 0.29) is 5.56 Å². The average molecular weight is 282 g/mol. The van der Waals surface area contributed by atoms with Gasteiger partial charge in [-0.2, -0.15) is 0 Å². The van der Waals surface area contributed by atoms with Gasteiger partial charge in [0, 0.05) is 5.56 Å². The summed E-state index contributed by atoms with van der Waals surface area (Å²) in [5.41, 5.74) is 2.87. The lowest BCUT2D eigenvalue weighted by atomic mass is 9.98. The smallest absolute Gasteiger partial charge is 0.194 e. The van der Waals surface area contributed by atoms with Crippen molar-refractivity contribution in [1.82, 2.24) is 5.43 Å². The zero-order chi connectivity index (χ0) is 14.7. The number of benzene rings is 2. The fourth-order valence-electron chi connectivity index (χ4n) is 1.95. The van der Waals surface area contributed by atoms with Gasteiger partial charge in [-0.25, -0.2) is 18.6 Å². The lowest BCUT2D eigenvalue weighted by Gasteiger charge is -2.18. The Labute approximate surface area is 114 Å². The molecule has 2 aromatic carbocycles. The lowest BCUT2D eigenvalue weighted by Crippen LogP contribution is -2.29. The predicted octanol–water partition coefficient (Wildman–Crippen LogP) is 2.67. The Morgan fingerprint density at radius 2 is 1.85 bits per heavy atom. The van der Waals surface area contributed by atoms with Crippen LogP contribution in [0.2, 0.25) is 0 Å². The van der Waals surface area contributed by atoms with E-state index in [1.807, 2.05) is 0 Å².